The summed E-state index contributed by atoms with van der Waals surface area (Å²) >= 11 is 0. The Morgan fingerprint density at radius 2 is 1.68 bits per heavy atom. The lowest BCUT2D eigenvalue weighted by Gasteiger charge is -2.34. The van der Waals surface area contributed by atoms with Crippen LogP contribution in [-0.4, -0.2) is 75.5 Å². The maximum Gasteiger partial charge on any atom is 0.352 e. The van der Waals surface area contributed by atoms with Crippen molar-refractivity contribution in [3.05, 3.63) is 41.7 Å². The Hall–Kier alpha value is -2.78. The van der Waals surface area contributed by atoms with E-state index in [2.05, 4.69) is 11.3 Å². The molecule has 0 amide bonds. The van der Waals surface area contributed by atoms with Gasteiger partial charge in [0.15, 0.2) is 0 Å². The Balaban J connectivity index is 3.29. The highest BCUT2D eigenvalue weighted by atomic mass is 19.1. The Bertz CT molecular complexity index is 845. The fraction of sp³-hybridized carbons (Fsp3) is 0.500. The largest absolute Gasteiger partial charge is 0.466 e. The number of hydrogen-bond donors (Lipinski definition) is 0. The van der Waals surface area contributed by atoms with Crippen LogP contribution in [-0.2, 0) is 28.5 Å². The van der Waals surface area contributed by atoms with E-state index in [1.165, 1.54) is 19.2 Å². The number of methoxy groups -OCH3 is 2. The van der Waals surface area contributed by atoms with Crippen molar-refractivity contribution < 1.29 is 37.7 Å². The SMILES string of the molecule is C=C(COC(CN(C)C)(C(=O)OC)C(=O)OC(C)(C)C)c1cc(C(=O)OC)ccc1F. The van der Waals surface area contributed by atoms with E-state index in [0.717, 1.165) is 13.2 Å². The molecule has 0 aliphatic carbocycles. The summed E-state index contributed by atoms with van der Waals surface area (Å²) in [5.74, 6) is -3.22. The average Bonchev–Trinajstić information content (AvgIpc) is 2.68. The lowest BCUT2D eigenvalue weighted by molar-refractivity contribution is -0.196. The molecule has 9 heteroatoms. The number of benzene rings is 1. The fourth-order valence-electron chi connectivity index (χ4n) is 2.68. The van der Waals surface area contributed by atoms with E-state index in [0.29, 0.717) is 0 Å². The van der Waals surface area contributed by atoms with Gasteiger partial charge in [0, 0.05) is 12.1 Å². The molecule has 0 bridgehead atoms. The second kappa shape index (κ2) is 10.5. The third-order valence-electron chi connectivity index (χ3n) is 4.04. The zero-order valence-corrected chi connectivity index (χ0v) is 19.0. The molecule has 0 saturated heterocycles. The van der Waals surface area contributed by atoms with Crippen molar-refractivity contribution in [3.63, 3.8) is 0 Å². The van der Waals surface area contributed by atoms with Gasteiger partial charge in [-0.2, -0.15) is 0 Å². The van der Waals surface area contributed by atoms with Crippen LogP contribution in [0.2, 0.25) is 0 Å². The maximum absolute atomic E-state index is 14.4. The highest BCUT2D eigenvalue weighted by Gasteiger charge is 2.52. The number of nitrogens with zero attached hydrogens (tertiary/aromatic N) is 1. The normalized spacial score (nSPS) is 13.3. The third-order valence-corrected chi connectivity index (χ3v) is 4.04. The molecule has 31 heavy (non-hydrogen) atoms. The molecule has 0 saturated carbocycles. The lowest BCUT2D eigenvalue weighted by atomic mass is 10.0. The minimum atomic E-state index is -2.13. The number of hydrogen-bond acceptors (Lipinski definition) is 8. The predicted molar refractivity (Wildman–Crippen MR) is 112 cm³/mol. The minimum absolute atomic E-state index is 0.0179. The molecule has 1 aromatic rings. The van der Waals surface area contributed by atoms with E-state index in [4.69, 9.17) is 14.2 Å². The molecule has 0 fully saturated rings. The first-order valence-electron chi connectivity index (χ1n) is 9.44. The molecule has 1 rings (SSSR count). The zero-order valence-electron chi connectivity index (χ0n) is 19.0. The van der Waals surface area contributed by atoms with Crippen LogP contribution in [0, 0.1) is 5.82 Å². The Kier molecular flexibility index (Phi) is 8.89. The monoisotopic (exact) mass is 439 g/mol. The first kappa shape index (κ1) is 26.3. The first-order valence-corrected chi connectivity index (χ1v) is 9.44. The number of esters is 3. The molecule has 0 radical (unpaired) electrons. The zero-order chi connectivity index (χ0) is 24.0. The van der Waals surface area contributed by atoms with E-state index in [9.17, 15) is 18.8 Å². The highest BCUT2D eigenvalue weighted by Crippen LogP contribution is 2.25. The number of rotatable bonds is 9. The molecule has 0 aliphatic heterocycles. The smallest absolute Gasteiger partial charge is 0.352 e. The van der Waals surface area contributed by atoms with E-state index in [-0.39, 0.29) is 23.2 Å². The van der Waals surface area contributed by atoms with Gasteiger partial charge in [0.1, 0.15) is 11.4 Å². The average molecular weight is 439 g/mol. The molecule has 0 aliphatic rings. The fourth-order valence-corrected chi connectivity index (χ4v) is 2.68. The molecular formula is C22H30FNO7. The standard InChI is InChI=1S/C22H30FNO7/c1-14(16-11-15(18(25)28-7)9-10-17(16)23)12-30-22(13-24(5)6,19(26)29-8)20(27)31-21(2,3)4/h9-11H,1,12-13H2,2-8H3. The van der Waals surface area contributed by atoms with Crippen molar-refractivity contribution in [1.29, 1.82) is 0 Å². The molecule has 8 nitrogen and oxygen atoms in total. The van der Waals surface area contributed by atoms with Crippen molar-refractivity contribution in [2.24, 2.45) is 0 Å². The van der Waals surface area contributed by atoms with E-state index in [1.807, 2.05) is 0 Å². The third kappa shape index (κ3) is 6.86. The molecule has 0 N–H and O–H groups in total. The van der Waals surface area contributed by atoms with Gasteiger partial charge in [-0.25, -0.2) is 18.8 Å². The Labute approximate surface area is 181 Å². The van der Waals surface area contributed by atoms with Gasteiger partial charge in [-0.1, -0.05) is 6.58 Å². The van der Waals surface area contributed by atoms with Gasteiger partial charge in [0.2, 0.25) is 0 Å². The van der Waals surface area contributed by atoms with Gasteiger partial charge in [-0.15, -0.1) is 0 Å². The van der Waals surface area contributed by atoms with Crippen molar-refractivity contribution in [3.8, 4) is 0 Å². The number of carbonyl (C=O) groups is 3. The van der Waals surface area contributed by atoms with E-state index >= 15 is 0 Å². The van der Waals surface area contributed by atoms with Gasteiger partial charge in [0.25, 0.3) is 5.60 Å². The van der Waals surface area contributed by atoms with Crippen LogP contribution >= 0.6 is 0 Å². The summed E-state index contributed by atoms with van der Waals surface area (Å²) in [6.07, 6.45) is 0. The number of halogens is 1. The molecule has 0 spiro atoms. The van der Waals surface area contributed by atoms with Crippen LogP contribution in [0.1, 0.15) is 36.7 Å². The summed E-state index contributed by atoms with van der Waals surface area (Å²) in [6.45, 7) is 8.12. The molecule has 1 atom stereocenters. The highest BCUT2D eigenvalue weighted by molar-refractivity contribution is 6.04. The van der Waals surface area contributed by atoms with E-state index in [1.54, 1.807) is 39.8 Å². The van der Waals surface area contributed by atoms with Crippen LogP contribution < -0.4 is 0 Å². The summed E-state index contributed by atoms with van der Waals surface area (Å²) in [7, 11) is 5.60. The Morgan fingerprint density at radius 3 is 2.16 bits per heavy atom. The minimum Gasteiger partial charge on any atom is -0.466 e. The number of likely N-dealkylation sites (N-methyl/N-ethyl adjacent to an activating group) is 1. The topological polar surface area (TPSA) is 91.4 Å². The maximum atomic E-state index is 14.4. The molecule has 1 aromatic carbocycles. The molecular weight excluding hydrogens is 409 g/mol. The van der Waals surface area contributed by atoms with Crippen molar-refractivity contribution in [1.82, 2.24) is 4.90 Å². The molecule has 0 heterocycles. The van der Waals surface area contributed by atoms with Crippen LogP contribution in [0.4, 0.5) is 4.39 Å². The summed E-state index contributed by atoms with van der Waals surface area (Å²) < 4.78 is 35.0. The Morgan fingerprint density at radius 1 is 1.06 bits per heavy atom. The van der Waals surface area contributed by atoms with Crippen LogP contribution in [0.5, 0.6) is 0 Å². The lowest BCUT2D eigenvalue weighted by Crippen LogP contribution is -2.58. The second-order valence-electron chi connectivity index (χ2n) is 8.14. The van der Waals surface area contributed by atoms with Gasteiger partial charge in [-0.3, -0.25) is 0 Å². The van der Waals surface area contributed by atoms with Crippen LogP contribution in [0.3, 0.4) is 0 Å². The summed E-state index contributed by atoms with van der Waals surface area (Å²) in [4.78, 5) is 38.9. The van der Waals surface area contributed by atoms with Gasteiger partial charge in [-0.05, 0) is 58.6 Å². The van der Waals surface area contributed by atoms with Crippen molar-refractivity contribution in [2.75, 3.05) is 41.5 Å². The predicted octanol–water partition coefficient (Wildman–Crippen LogP) is 2.46. The summed E-state index contributed by atoms with van der Waals surface area (Å²) in [5, 5.41) is 0. The van der Waals surface area contributed by atoms with Crippen LogP contribution in [0.15, 0.2) is 24.8 Å². The van der Waals surface area contributed by atoms with Gasteiger partial charge >= 0.3 is 17.9 Å². The second-order valence-corrected chi connectivity index (χ2v) is 8.14. The van der Waals surface area contributed by atoms with Crippen molar-refractivity contribution >= 4 is 23.5 Å². The molecule has 172 valence electrons. The summed E-state index contributed by atoms with van der Waals surface area (Å²) in [5.41, 5.74) is -2.84. The van der Waals surface area contributed by atoms with Crippen molar-refractivity contribution in [2.45, 2.75) is 32.0 Å². The quantitative estimate of drug-likeness (QED) is 0.329. The molecule has 1 unspecified atom stereocenters. The first-order chi connectivity index (χ1) is 14.3. The number of ether oxygens (including phenoxy) is 4. The van der Waals surface area contributed by atoms with E-state index < -0.39 is 41.5 Å². The summed E-state index contributed by atoms with van der Waals surface area (Å²) in [6, 6.07) is 3.62. The van der Waals surface area contributed by atoms with Gasteiger partial charge < -0.3 is 23.8 Å². The van der Waals surface area contributed by atoms with Gasteiger partial charge in [0.05, 0.1) is 26.4 Å². The number of carbonyl (C=O) groups excluding carboxylic acids is 3. The molecule has 0 aromatic heterocycles. The van der Waals surface area contributed by atoms with Crippen LogP contribution in [0.25, 0.3) is 5.57 Å².